The number of nitrogens with one attached hydrogen (secondary N) is 2. The Balaban J connectivity index is 2.68. The molecule has 0 bridgehead atoms. The number of benzene rings is 1. The van der Waals surface area contributed by atoms with Gasteiger partial charge in [-0.1, -0.05) is 46.2 Å². The minimum atomic E-state index is -0.648. The summed E-state index contributed by atoms with van der Waals surface area (Å²) in [5, 5.41) is 5.42. The lowest BCUT2D eigenvalue weighted by Crippen LogP contribution is -2.47. The van der Waals surface area contributed by atoms with Gasteiger partial charge in [0.05, 0.1) is 7.11 Å². The van der Waals surface area contributed by atoms with Crippen molar-refractivity contribution >= 4 is 17.7 Å². The number of hydrogen-bond donors (Lipinski definition) is 2. The lowest BCUT2D eigenvalue weighted by Gasteiger charge is -2.22. The van der Waals surface area contributed by atoms with Crippen LogP contribution in [0.1, 0.15) is 45.6 Å². The quantitative estimate of drug-likeness (QED) is 0.790. The number of ether oxygens (including phenoxy) is 1. The standard InChI is InChI=1S/C17H26N2O3/c1-6-12(4)15(16(20)22-5)19-17(21)18-14-9-7-13(8-10-14)11(2)3/h7-12,15H,6H2,1-5H3,(H2,18,19,21)/t12-,15-/m1/s1. The normalized spacial score (nSPS) is 13.4. The molecule has 5 nitrogen and oxygen atoms in total. The molecule has 0 aliphatic carbocycles. The first-order valence-corrected chi connectivity index (χ1v) is 7.64. The van der Waals surface area contributed by atoms with Gasteiger partial charge in [-0.25, -0.2) is 9.59 Å². The van der Waals surface area contributed by atoms with Crippen molar-refractivity contribution in [2.75, 3.05) is 12.4 Å². The predicted molar refractivity (Wildman–Crippen MR) is 87.9 cm³/mol. The maximum absolute atomic E-state index is 12.1. The smallest absolute Gasteiger partial charge is 0.328 e. The molecule has 2 atom stereocenters. The summed E-state index contributed by atoms with van der Waals surface area (Å²) < 4.78 is 4.75. The molecule has 2 N–H and O–H groups in total. The third-order valence-corrected chi connectivity index (χ3v) is 3.79. The third-order valence-electron chi connectivity index (χ3n) is 3.79. The van der Waals surface area contributed by atoms with Gasteiger partial charge in [0, 0.05) is 5.69 Å². The summed E-state index contributed by atoms with van der Waals surface area (Å²) in [6.07, 6.45) is 0.767. The van der Waals surface area contributed by atoms with Crippen LogP contribution in [0.25, 0.3) is 0 Å². The van der Waals surface area contributed by atoms with Gasteiger partial charge < -0.3 is 15.4 Å². The molecule has 22 heavy (non-hydrogen) atoms. The molecule has 5 heteroatoms. The molecule has 1 aromatic rings. The molecule has 122 valence electrons. The fraction of sp³-hybridized carbons (Fsp3) is 0.529. The van der Waals surface area contributed by atoms with E-state index < -0.39 is 18.0 Å². The third kappa shape index (κ3) is 5.06. The van der Waals surface area contributed by atoms with E-state index in [0.717, 1.165) is 6.42 Å². The molecule has 0 saturated carbocycles. The number of anilines is 1. The van der Waals surface area contributed by atoms with E-state index in [1.54, 1.807) is 0 Å². The van der Waals surface area contributed by atoms with Gasteiger partial charge in [-0.15, -0.1) is 0 Å². The van der Waals surface area contributed by atoms with Crippen LogP contribution >= 0.6 is 0 Å². The summed E-state index contributed by atoms with van der Waals surface area (Å²) in [6, 6.07) is 6.61. The Morgan fingerprint density at radius 1 is 1.14 bits per heavy atom. The lowest BCUT2D eigenvalue weighted by molar-refractivity contribution is -0.144. The van der Waals surface area contributed by atoms with Crippen LogP contribution in [-0.2, 0) is 9.53 Å². The minimum Gasteiger partial charge on any atom is -0.467 e. The van der Waals surface area contributed by atoms with Gasteiger partial charge in [0.2, 0.25) is 0 Å². The molecule has 0 saturated heterocycles. The van der Waals surface area contributed by atoms with E-state index >= 15 is 0 Å². The van der Waals surface area contributed by atoms with Gasteiger partial charge in [-0.3, -0.25) is 0 Å². The second-order valence-electron chi connectivity index (χ2n) is 5.76. The van der Waals surface area contributed by atoms with Crippen molar-refractivity contribution in [3.63, 3.8) is 0 Å². The second kappa shape index (κ2) is 8.41. The Morgan fingerprint density at radius 3 is 2.18 bits per heavy atom. The monoisotopic (exact) mass is 306 g/mol. The van der Waals surface area contributed by atoms with E-state index in [2.05, 4.69) is 24.5 Å². The maximum atomic E-state index is 12.1. The lowest BCUT2D eigenvalue weighted by atomic mass is 9.99. The van der Waals surface area contributed by atoms with Crippen LogP contribution in [0, 0.1) is 5.92 Å². The van der Waals surface area contributed by atoms with Crippen molar-refractivity contribution in [1.29, 1.82) is 0 Å². The zero-order valence-electron chi connectivity index (χ0n) is 14.0. The van der Waals surface area contributed by atoms with Gasteiger partial charge in [0.15, 0.2) is 0 Å². The number of carbonyl (C=O) groups excluding carboxylic acids is 2. The fourth-order valence-corrected chi connectivity index (χ4v) is 2.06. The number of amides is 2. The molecule has 1 aromatic carbocycles. The molecular formula is C17H26N2O3. The summed E-state index contributed by atoms with van der Waals surface area (Å²) in [4.78, 5) is 23.8. The summed E-state index contributed by atoms with van der Waals surface area (Å²) in [7, 11) is 1.32. The SMILES string of the molecule is CC[C@@H](C)[C@@H](NC(=O)Nc1ccc(C(C)C)cc1)C(=O)OC. The number of rotatable bonds is 6. The first-order valence-electron chi connectivity index (χ1n) is 7.64. The van der Waals surface area contributed by atoms with Gasteiger partial charge in [-0.05, 0) is 29.5 Å². The van der Waals surface area contributed by atoms with Gasteiger partial charge >= 0.3 is 12.0 Å². The Morgan fingerprint density at radius 2 is 1.73 bits per heavy atom. The van der Waals surface area contributed by atoms with Crippen LogP contribution in [0.4, 0.5) is 10.5 Å². The van der Waals surface area contributed by atoms with E-state index in [1.165, 1.54) is 12.7 Å². The van der Waals surface area contributed by atoms with E-state index in [-0.39, 0.29) is 5.92 Å². The van der Waals surface area contributed by atoms with Crippen molar-refractivity contribution in [2.24, 2.45) is 5.92 Å². The number of esters is 1. The van der Waals surface area contributed by atoms with Crippen LogP contribution < -0.4 is 10.6 Å². The van der Waals surface area contributed by atoms with Crippen molar-refractivity contribution in [1.82, 2.24) is 5.32 Å². The second-order valence-corrected chi connectivity index (χ2v) is 5.76. The topological polar surface area (TPSA) is 67.4 Å². The minimum absolute atomic E-state index is 0.00140. The summed E-state index contributed by atoms with van der Waals surface area (Å²) in [6.45, 7) is 8.09. The highest BCUT2D eigenvalue weighted by molar-refractivity contribution is 5.92. The molecule has 0 aliphatic rings. The largest absolute Gasteiger partial charge is 0.467 e. The first kappa shape index (κ1) is 18.0. The molecule has 1 rings (SSSR count). The zero-order valence-corrected chi connectivity index (χ0v) is 14.0. The van der Waals surface area contributed by atoms with Crippen LogP contribution in [0.2, 0.25) is 0 Å². The summed E-state index contributed by atoms with van der Waals surface area (Å²) >= 11 is 0. The van der Waals surface area contributed by atoms with Gasteiger partial charge in [0.25, 0.3) is 0 Å². The molecule has 0 radical (unpaired) electrons. The Bertz CT molecular complexity index is 497. The van der Waals surface area contributed by atoms with Crippen molar-refractivity contribution in [3.8, 4) is 0 Å². The van der Waals surface area contributed by atoms with Gasteiger partial charge in [-0.2, -0.15) is 0 Å². The Labute approximate surface area is 132 Å². The maximum Gasteiger partial charge on any atom is 0.328 e. The highest BCUT2D eigenvalue weighted by atomic mass is 16.5. The van der Waals surface area contributed by atoms with Crippen LogP contribution in [0.15, 0.2) is 24.3 Å². The average Bonchev–Trinajstić information content (AvgIpc) is 2.51. The van der Waals surface area contributed by atoms with E-state index in [1.807, 2.05) is 38.1 Å². The number of methoxy groups -OCH3 is 1. The molecule has 0 fully saturated rings. The first-order chi connectivity index (χ1) is 10.4. The summed E-state index contributed by atoms with van der Waals surface area (Å²) in [5.41, 5.74) is 1.90. The van der Waals surface area contributed by atoms with Crippen LogP contribution in [0.5, 0.6) is 0 Å². The van der Waals surface area contributed by atoms with Crippen LogP contribution in [-0.4, -0.2) is 25.2 Å². The molecule has 0 spiro atoms. The van der Waals surface area contributed by atoms with Gasteiger partial charge in [0.1, 0.15) is 6.04 Å². The highest BCUT2D eigenvalue weighted by Crippen LogP contribution is 2.17. The molecule has 0 unspecified atom stereocenters. The average molecular weight is 306 g/mol. The Kier molecular flexibility index (Phi) is 6.89. The molecule has 0 heterocycles. The molecule has 0 aromatic heterocycles. The molecule has 2 amide bonds. The van der Waals surface area contributed by atoms with E-state index in [0.29, 0.717) is 11.6 Å². The van der Waals surface area contributed by atoms with E-state index in [9.17, 15) is 9.59 Å². The summed E-state index contributed by atoms with van der Waals surface area (Å²) in [5.74, 6) is 0.0122. The molecule has 0 aliphatic heterocycles. The van der Waals surface area contributed by atoms with E-state index in [4.69, 9.17) is 4.74 Å². The van der Waals surface area contributed by atoms with Crippen molar-refractivity contribution in [2.45, 2.75) is 46.1 Å². The predicted octanol–water partition coefficient (Wildman–Crippen LogP) is 3.52. The van der Waals surface area contributed by atoms with Crippen LogP contribution in [0.3, 0.4) is 0 Å². The highest BCUT2D eigenvalue weighted by Gasteiger charge is 2.26. The Hall–Kier alpha value is -2.04. The zero-order chi connectivity index (χ0) is 16.7. The number of hydrogen-bond acceptors (Lipinski definition) is 3. The fourth-order valence-electron chi connectivity index (χ4n) is 2.06. The van der Waals surface area contributed by atoms with Crippen molar-refractivity contribution in [3.05, 3.63) is 29.8 Å². The molecular weight excluding hydrogens is 280 g/mol. The number of carbonyl (C=O) groups is 2. The number of urea groups is 1. The van der Waals surface area contributed by atoms with Crippen molar-refractivity contribution < 1.29 is 14.3 Å².